The molecule has 28 valence electrons. The van der Waals surface area contributed by atoms with Gasteiger partial charge in [-0.2, -0.15) is 0 Å². The van der Waals surface area contributed by atoms with Gasteiger partial charge < -0.3 is 0 Å². The molecule has 0 aliphatic heterocycles. The first-order valence-electron chi connectivity index (χ1n) is 0.200. The maximum atomic E-state index is 6.00. The molecule has 0 aliphatic rings. The van der Waals surface area contributed by atoms with Crippen molar-refractivity contribution in [3.63, 3.8) is 0 Å². The average Bonchev–Trinajstić information content (AvgIpc) is 1.00. The van der Waals surface area contributed by atoms with Crippen LogP contribution in [0.25, 0.3) is 0 Å². The van der Waals surface area contributed by atoms with E-state index in [-0.39, 0.29) is 115 Å². The standard InChI is InChI=1S/Al.2Ba.H2O2.7H/c;;;1-2;;;;;;;/h;;;1-2H;;;;;;;. The van der Waals surface area contributed by atoms with Crippen LogP contribution in [0.3, 0.4) is 0 Å². The molecule has 0 atom stereocenters. The summed E-state index contributed by atoms with van der Waals surface area (Å²) >= 11 is 0. The molecule has 0 aromatic rings. The van der Waals surface area contributed by atoms with Gasteiger partial charge in [0.2, 0.25) is 0 Å². The van der Waals surface area contributed by atoms with Gasteiger partial charge in [0, 0.05) is 0 Å². The number of hydrogen-bond acceptors (Lipinski definition) is 2. The van der Waals surface area contributed by atoms with Crippen molar-refractivity contribution in [1.29, 1.82) is 0 Å². The quantitative estimate of drug-likeness (QED) is 0.280. The average molecular weight is 343 g/mol. The second-order valence-corrected chi connectivity index (χ2v) is 0. The van der Waals surface area contributed by atoms with Crippen molar-refractivity contribution in [2.45, 2.75) is 0 Å². The Morgan fingerprint density at radius 1 is 0.800 bits per heavy atom. The first-order valence-corrected chi connectivity index (χ1v) is 0.200. The third-order valence-electron chi connectivity index (χ3n) is 0. The zero-order chi connectivity index (χ0) is 2.00. The first-order chi connectivity index (χ1) is 1.00. The SMILES string of the molecule is OO.[AlH3].[BaH2].[BaH2]. The van der Waals surface area contributed by atoms with Gasteiger partial charge in [-0.1, -0.05) is 0 Å². The molecule has 0 aliphatic carbocycles. The number of hydrogen-bond donors (Lipinski definition) is 2. The second-order valence-electron chi connectivity index (χ2n) is 0. The Kier molecular flexibility index (Phi) is 120. The van der Waals surface area contributed by atoms with Gasteiger partial charge in [0.25, 0.3) is 0 Å². The predicted octanol–water partition coefficient (Wildman–Crippen LogP) is -3.00. The molecular weight excluding hydrogens is 334 g/mol. The Labute approximate surface area is 122 Å². The maximum absolute atomic E-state index is 6.00. The van der Waals surface area contributed by atoms with Crippen molar-refractivity contribution in [1.82, 2.24) is 0 Å². The van der Waals surface area contributed by atoms with Gasteiger partial charge in [-0.25, -0.2) is 0 Å². The Hall–Kier alpha value is 3.60. The fraction of sp³-hybridized carbons (Fsp3) is 0. The summed E-state index contributed by atoms with van der Waals surface area (Å²) in [6.07, 6.45) is 0. The third-order valence-corrected chi connectivity index (χ3v) is 0. The molecule has 0 fully saturated rings. The van der Waals surface area contributed by atoms with Crippen molar-refractivity contribution in [2.75, 3.05) is 0 Å². The molecule has 0 saturated carbocycles. The summed E-state index contributed by atoms with van der Waals surface area (Å²) < 4.78 is 0. The van der Waals surface area contributed by atoms with Gasteiger partial charge in [0.15, 0.2) is 17.4 Å². The molecule has 2 N–H and O–H groups in total. The molecular formula is H9AlBa2O2. The van der Waals surface area contributed by atoms with Crippen LogP contribution < -0.4 is 0 Å². The third kappa shape index (κ3) is 18.4. The van der Waals surface area contributed by atoms with E-state index >= 15 is 0 Å². The Bertz CT molecular complexity index is 7.61. The summed E-state index contributed by atoms with van der Waals surface area (Å²) in [5, 5.41) is 12.0. The van der Waals surface area contributed by atoms with Crippen molar-refractivity contribution in [3.8, 4) is 0 Å². The summed E-state index contributed by atoms with van der Waals surface area (Å²) in [5.74, 6) is 0. The summed E-state index contributed by atoms with van der Waals surface area (Å²) in [5.41, 5.74) is 0. The van der Waals surface area contributed by atoms with Crippen molar-refractivity contribution in [3.05, 3.63) is 0 Å². The minimum absolute atomic E-state index is 0. The minimum atomic E-state index is 0. The molecule has 0 spiro atoms. The Morgan fingerprint density at radius 3 is 0.800 bits per heavy atom. The zero-order valence-electron chi connectivity index (χ0n) is 0.894. The molecule has 2 nitrogen and oxygen atoms in total. The fourth-order valence-electron chi connectivity index (χ4n) is 0. The van der Waals surface area contributed by atoms with Crippen LogP contribution in [0.15, 0.2) is 0 Å². The summed E-state index contributed by atoms with van der Waals surface area (Å²) in [6.45, 7) is 0. The van der Waals surface area contributed by atoms with Crippen LogP contribution in [0, 0.1) is 0 Å². The first kappa shape index (κ1) is 23.5. The molecule has 0 bridgehead atoms. The van der Waals surface area contributed by atoms with E-state index in [0.717, 1.165) is 0 Å². The van der Waals surface area contributed by atoms with Crippen LogP contribution >= 0.6 is 0 Å². The van der Waals surface area contributed by atoms with Crippen LogP contribution in [0.5, 0.6) is 0 Å². The topological polar surface area (TPSA) is 40.5 Å². The van der Waals surface area contributed by atoms with Gasteiger partial charge in [0.1, 0.15) is 0 Å². The summed E-state index contributed by atoms with van der Waals surface area (Å²) in [7, 11) is 0. The second kappa shape index (κ2) is 25.6. The van der Waals surface area contributed by atoms with Gasteiger partial charge in [-0.05, 0) is 0 Å². The Morgan fingerprint density at radius 2 is 0.800 bits per heavy atom. The van der Waals surface area contributed by atoms with Crippen molar-refractivity contribution < 1.29 is 10.5 Å². The normalized spacial score (nSPS) is 1.20. The summed E-state index contributed by atoms with van der Waals surface area (Å²) in [6, 6.07) is 0. The van der Waals surface area contributed by atoms with Crippen molar-refractivity contribution >= 4 is 115 Å². The predicted molar refractivity (Wildman–Crippen MR) is 32.3 cm³/mol. The Balaban J connectivity index is -0.00000000167. The van der Waals surface area contributed by atoms with Crippen LogP contribution in [0.2, 0.25) is 0 Å². The van der Waals surface area contributed by atoms with E-state index < -0.39 is 0 Å². The van der Waals surface area contributed by atoms with Crippen LogP contribution in [0.1, 0.15) is 0 Å². The molecule has 0 heterocycles. The van der Waals surface area contributed by atoms with Crippen LogP contribution in [-0.4, -0.2) is 126 Å². The van der Waals surface area contributed by atoms with E-state index in [1.54, 1.807) is 0 Å². The number of rotatable bonds is 0. The molecule has 0 aromatic carbocycles. The molecule has 0 radical (unpaired) electrons. The molecule has 0 aromatic heterocycles. The van der Waals surface area contributed by atoms with E-state index in [0.29, 0.717) is 0 Å². The van der Waals surface area contributed by atoms with Gasteiger partial charge in [0.05, 0.1) is 0 Å². The zero-order valence-corrected chi connectivity index (χ0v) is 0.894. The molecule has 0 rings (SSSR count). The molecule has 0 amide bonds. The van der Waals surface area contributed by atoms with Crippen LogP contribution in [0.4, 0.5) is 0 Å². The van der Waals surface area contributed by atoms with E-state index in [2.05, 4.69) is 0 Å². The fourth-order valence-corrected chi connectivity index (χ4v) is 0. The van der Waals surface area contributed by atoms with Gasteiger partial charge >= 0.3 is 97.8 Å². The molecule has 0 saturated heterocycles. The van der Waals surface area contributed by atoms with E-state index in [9.17, 15) is 0 Å². The molecule has 5 heavy (non-hydrogen) atoms. The van der Waals surface area contributed by atoms with E-state index in [4.69, 9.17) is 10.5 Å². The molecule has 0 unspecified atom stereocenters. The van der Waals surface area contributed by atoms with Gasteiger partial charge in [-0.3, -0.25) is 10.5 Å². The van der Waals surface area contributed by atoms with Crippen LogP contribution in [-0.2, 0) is 0 Å². The van der Waals surface area contributed by atoms with Crippen molar-refractivity contribution in [2.24, 2.45) is 0 Å². The van der Waals surface area contributed by atoms with E-state index in [1.165, 1.54) is 0 Å². The van der Waals surface area contributed by atoms with Gasteiger partial charge in [-0.15, -0.1) is 0 Å². The van der Waals surface area contributed by atoms with E-state index in [1.807, 2.05) is 0 Å². The monoisotopic (exact) mass is 344 g/mol. The molecule has 5 heteroatoms. The summed E-state index contributed by atoms with van der Waals surface area (Å²) in [4.78, 5) is 0.